The maximum atomic E-state index is 4.95. The molecule has 2 N–H and O–H groups in total. The minimum absolute atomic E-state index is 0.408. The van der Waals surface area contributed by atoms with Gasteiger partial charge in [0.25, 0.3) is 0 Å². The van der Waals surface area contributed by atoms with Gasteiger partial charge in [0.05, 0.1) is 6.54 Å². The molecule has 7 nitrogen and oxygen atoms in total. The maximum absolute atomic E-state index is 4.95. The lowest BCUT2D eigenvalue weighted by Gasteiger charge is -2.21. The molecule has 1 aromatic heterocycles. The molecule has 21 heavy (non-hydrogen) atoms. The molecule has 1 saturated heterocycles. The number of nitrogens with one attached hydrogen (secondary N) is 2. The molecule has 118 valence electrons. The van der Waals surface area contributed by atoms with Gasteiger partial charge in [-0.3, -0.25) is 9.89 Å². The SMILES string of the molecule is CN=C(NCc1noc(C)n1)NC1CN(C(C)C)CC1C. The fraction of sp³-hybridized carbons (Fsp3) is 0.786. The van der Waals surface area contributed by atoms with E-state index in [0.717, 1.165) is 19.0 Å². The molecule has 0 amide bonds. The predicted molar refractivity (Wildman–Crippen MR) is 82.0 cm³/mol. The Kier molecular flexibility index (Phi) is 5.17. The molecule has 1 aliphatic heterocycles. The number of aryl methyl sites for hydroxylation is 1. The Morgan fingerprint density at radius 1 is 1.48 bits per heavy atom. The molecule has 2 unspecified atom stereocenters. The van der Waals surface area contributed by atoms with Crippen LogP contribution in [0.1, 0.15) is 32.5 Å². The van der Waals surface area contributed by atoms with Gasteiger partial charge in [-0.1, -0.05) is 12.1 Å². The first-order chi connectivity index (χ1) is 9.99. The van der Waals surface area contributed by atoms with Crippen LogP contribution in [0.2, 0.25) is 0 Å². The van der Waals surface area contributed by atoms with Crippen LogP contribution in [0.3, 0.4) is 0 Å². The standard InChI is InChI=1S/C14H26N6O/c1-9(2)20-7-10(3)12(8-20)18-14(15-5)16-6-13-17-11(4)21-19-13/h9-10,12H,6-8H2,1-5H3,(H2,15,16,18). The molecule has 0 spiro atoms. The van der Waals surface area contributed by atoms with E-state index < -0.39 is 0 Å². The minimum atomic E-state index is 0.408. The van der Waals surface area contributed by atoms with Crippen molar-refractivity contribution < 1.29 is 4.52 Å². The minimum Gasteiger partial charge on any atom is -0.352 e. The lowest BCUT2D eigenvalue weighted by molar-refractivity contribution is 0.265. The van der Waals surface area contributed by atoms with E-state index in [4.69, 9.17) is 4.52 Å². The summed E-state index contributed by atoms with van der Waals surface area (Å²) in [6.45, 7) is 11.2. The second-order valence-electron chi connectivity index (χ2n) is 5.93. The van der Waals surface area contributed by atoms with Crippen molar-refractivity contribution in [1.29, 1.82) is 0 Å². The van der Waals surface area contributed by atoms with Crippen LogP contribution < -0.4 is 10.6 Å². The van der Waals surface area contributed by atoms with Crippen LogP contribution in [0.15, 0.2) is 9.52 Å². The van der Waals surface area contributed by atoms with Crippen molar-refractivity contribution in [2.75, 3.05) is 20.1 Å². The Hall–Kier alpha value is -1.63. The summed E-state index contributed by atoms with van der Waals surface area (Å²) in [6, 6.07) is 0.988. The second-order valence-corrected chi connectivity index (χ2v) is 5.93. The molecule has 0 aliphatic carbocycles. The number of nitrogens with zero attached hydrogens (tertiary/aromatic N) is 4. The first kappa shape index (κ1) is 15.8. The summed E-state index contributed by atoms with van der Waals surface area (Å²) in [5.74, 6) is 2.59. The van der Waals surface area contributed by atoms with Gasteiger partial charge in [0.15, 0.2) is 11.8 Å². The van der Waals surface area contributed by atoms with Crippen molar-refractivity contribution in [1.82, 2.24) is 25.7 Å². The fourth-order valence-corrected chi connectivity index (χ4v) is 2.56. The highest BCUT2D eigenvalue weighted by molar-refractivity contribution is 5.79. The molecule has 0 radical (unpaired) electrons. The molecule has 1 fully saturated rings. The second kappa shape index (κ2) is 6.89. The summed E-state index contributed by atoms with van der Waals surface area (Å²) in [7, 11) is 1.77. The number of likely N-dealkylation sites (tertiary alicyclic amines) is 1. The Morgan fingerprint density at radius 2 is 2.24 bits per heavy atom. The Bertz CT molecular complexity index is 484. The highest BCUT2D eigenvalue weighted by atomic mass is 16.5. The topological polar surface area (TPSA) is 78.6 Å². The van der Waals surface area contributed by atoms with E-state index >= 15 is 0 Å². The van der Waals surface area contributed by atoms with Gasteiger partial charge in [-0.15, -0.1) is 0 Å². The maximum Gasteiger partial charge on any atom is 0.223 e. The quantitative estimate of drug-likeness (QED) is 0.631. The van der Waals surface area contributed by atoms with Crippen LogP contribution >= 0.6 is 0 Å². The third-order valence-electron chi connectivity index (χ3n) is 3.90. The first-order valence-electron chi connectivity index (χ1n) is 7.50. The molecule has 0 bridgehead atoms. The van der Waals surface area contributed by atoms with Crippen molar-refractivity contribution >= 4 is 5.96 Å². The number of aliphatic imine (C=N–C) groups is 1. The van der Waals surface area contributed by atoms with Crippen LogP contribution in [0.5, 0.6) is 0 Å². The van der Waals surface area contributed by atoms with Gasteiger partial charge in [0.1, 0.15) is 0 Å². The molecule has 0 aromatic carbocycles. The third kappa shape index (κ3) is 4.17. The number of guanidine groups is 1. The van der Waals surface area contributed by atoms with Gasteiger partial charge in [-0.2, -0.15) is 4.98 Å². The van der Waals surface area contributed by atoms with Crippen molar-refractivity contribution in [2.45, 2.75) is 46.3 Å². The molecular formula is C14H26N6O. The largest absolute Gasteiger partial charge is 0.352 e. The molecule has 1 aromatic rings. The summed E-state index contributed by atoms with van der Waals surface area (Å²) in [5, 5.41) is 10.6. The van der Waals surface area contributed by atoms with Gasteiger partial charge in [-0.05, 0) is 19.8 Å². The summed E-state index contributed by atoms with van der Waals surface area (Å²) >= 11 is 0. The highest BCUT2D eigenvalue weighted by Crippen LogP contribution is 2.18. The molecule has 2 rings (SSSR count). The van der Waals surface area contributed by atoms with Crippen molar-refractivity contribution in [2.24, 2.45) is 10.9 Å². The van der Waals surface area contributed by atoms with Crippen LogP contribution in [-0.4, -0.2) is 53.2 Å². The molecule has 0 saturated carbocycles. The summed E-state index contributed by atoms with van der Waals surface area (Å²) in [4.78, 5) is 10.9. The summed E-state index contributed by atoms with van der Waals surface area (Å²) in [5.41, 5.74) is 0. The van der Waals surface area contributed by atoms with E-state index in [9.17, 15) is 0 Å². The molecule has 2 atom stereocenters. The summed E-state index contributed by atoms with van der Waals surface area (Å²) in [6.07, 6.45) is 0. The zero-order chi connectivity index (χ0) is 15.4. The molecular weight excluding hydrogens is 268 g/mol. The number of hydrogen-bond donors (Lipinski definition) is 2. The predicted octanol–water partition coefficient (Wildman–Crippen LogP) is 0.772. The van der Waals surface area contributed by atoms with Crippen LogP contribution in [0.4, 0.5) is 0 Å². The Morgan fingerprint density at radius 3 is 2.76 bits per heavy atom. The Balaban J connectivity index is 1.85. The van der Waals surface area contributed by atoms with Gasteiger partial charge in [-0.25, -0.2) is 0 Å². The number of hydrogen-bond acceptors (Lipinski definition) is 5. The lowest BCUT2D eigenvalue weighted by Crippen LogP contribution is -2.46. The van der Waals surface area contributed by atoms with E-state index in [1.807, 2.05) is 0 Å². The smallest absolute Gasteiger partial charge is 0.223 e. The molecule has 1 aliphatic rings. The fourth-order valence-electron chi connectivity index (χ4n) is 2.56. The normalized spacial score (nSPS) is 23.8. The van der Waals surface area contributed by atoms with E-state index in [1.54, 1.807) is 14.0 Å². The van der Waals surface area contributed by atoms with Crippen molar-refractivity contribution in [3.63, 3.8) is 0 Å². The zero-order valence-corrected chi connectivity index (χ0v) is 13.6. The Labute approximate surface area is 126 Å². The number of aromatic nitrogens is 2. The molecule has 2 heterocycles. The summed E-state index contributed by atoms with van der Waals surface area (Å²) < 4.78 is 4.95. The average molecular weight is 294 g/mol. The van der Waals surface area contributed by atoms with Crippen LogP contribution in [0.25, 0.3) is 0 Å². The van der Waals surface area contributed by atoms with Crippen molar-refractivity contribution in [3.05, 3.63) is 11.7 Å². The highest BCUT2D eigenvalue weighted by Gasteiger charge is 2.31. The average Bonchev–Trinajstić information content (AvgIpc) is 3.01. The zero-order valence-electron chi connectivity index (χ0n) is 13.6. The van der Waals surface area contributed by atoms with E-state index in [-0.39, 0.29) is 0 Å². The van der Waals surface area contributed by atoms with Crippen molar-refractivity contribution in [3.8, 4) is 0 Å². The van der Waals surface area contributed by atoms with Crippen LogP contribution in [-0.2, 0) is 6.54 Å². The first-order valence-corrected chi connectivity index (χ1v) is 7.50. The monoisotopic (exact) mass is 294 g/mol. The third-order valence-corrected chi connectivity index (χ3v) is 3.90. The molecule has 7 heteroatoms. The van der Waals surface area contributed by atoms with Gasteiger partial charge < -0.3 is 15.2 Å². The van der Waals surface area contributed by atoms with E-state index in [1.165, 1.54) is 0 Å². The van der Waals surface area contributed by atoms with Crippen LogP contribution in [0, 0.1) is 12.8 Å². The lowest BCUT2D eigenvalue weighted by atomic mass is 10.1. The van der Waals surface area contributed by atoms with E-state index in [2.05, 4.69) is 51.4 Å². The van der Waals surface area contributed by atoms with Gasteiger partial charge >= 0.3 is 0 Å². The number of rotatable bonds is 4. The van der Waals surface area contributed by atoms with E-state index in [0.29, 0.717) is 36.3 Å². The van der Waals surface area contributed by atoms with Gasteiger partial charge in [0.2, 0.25) is 5.89 Å². The van der Waals surface area contributed by atoms with Gasteiger partial charge in [0, 0.05) is 39.1 Å².